The Labute approximate surface area is 356 Å². The Morgan fingerprint density at radius 3 is 1.71 bits per heavy atom. The highest BCUT2D eigenvalue weighted by Gasteiger charge is 2.41. The number of rotatable bonds is 19. The summed E-state index contributed by atoms with van der Waals surface area (Å²) in [7, 11) is 1.83. The Balaban J connectivity index is 0. The highest BCUT2D eigenvalue weighted by molar-refractivity contribution is 7.81. The number of ether oxygens (including phenoxy) is 1. The molecule has 1 aromatic rings. The van der Waals surface area contributed by atoms with Crippen LogP contribution in [-0.4, -0.2) is 43.1 Å². The van der Waals surface area contributed by atoms with E-state index in [0.717, 1.165) is 75.3 Å². The van der Waals surface area contributed by atoms with Crippen LogP contribution in [-0.2, 0) is 24.4 Å². The molecule has 6 heteroatoms. The van der Waals surface area contributed by atoms with E-state index in [2.05, 4.69) is 135 Å². The number of carbonyl (C=O) groups excluding carboxylic acids is 2. The number of aryl methyl sites for hydroxylation is 1. The number of thiol groups is 1. The topological polar surface area (TPSA) is 52.6 Å². The largest absolute Gasteiger partial charge is 0.428 e. The van der Waals surface area contributed by atoms with Crippen molar-refractivity contribution in [3.63, 3.8) is 0 Å². The molecule has 1 radical (unpaired) electrons. The molecule has 1 saturated heterocycles. The summed E-state index contributed by atoms with van der Waals surface area (Å²) in [6, 6.07) is 6.41. The molecule has 1 heterocycles. The first kappa shape index (κ1) is 57.0. The number of Topliss-reactive ketones (excluding diaryl/α,β-unsaturated/α-hetero) is 1. The van der Waals surface area contributed by atoms with Gasteiger partial charge in [-0.3, -0.25) is 4.79 Å². The van der Waals surface area contributed by atoms with Crippen LogP contribution in [0.3, 0.4) is 0 Å². The lowest BCUT2D eigenvalue weighted by molar-refractivity contribution is -0.129. The maximum atomic E-state index is 13.5. The average Bonchev–Trinajstić information content (AvgIpc) is 3.73. The predicted octanol–water partition coefficient (Wildman–Crippen LogP) is 14.3. The van der Waals surface area contributed by atoms with Gasteiger partial charge in [-0.2, -0.15) is 12.6 Å². The van der Waals surface area contributed by atoms with Gasteiger partial charge in [0, 0.05) is 29.8 Å². The minimum Gasteiger partial charge on any atom is -0.428 e. The third-order valence-corrected chi connectivity index (χ3v) is 12.9. The lowest BCUT2D eigenvalue weighted by Gasteiger charge is -2.38. The van der Waals surface area contributed by atoms with Crippen LogP contribution in [0.25, 0.3) is 0 Å². The number of carbonyl (C=O) groups is 2. The van der Waals surface area contributed by atoms with Gasteiger partial charge < -0.3 is 14.2 Å². The Morgan fingerprint density at radius 1 is 0.875 bits per heavy atom. The molecule has 0 spiro atoms. The number of hydrogen-bond acceptors (Lipinski definition) is 5. The van der Waals surface area contributed by atoms with E-state index in [0.29, 0.717) is 11.2 Å². The van der Waals surface area contributed by atoms with Crippen LogP contribution in [0.4, 0.5) is 0 Å². The summed E-state index contributed by atoms with van der Waals surface area (Å²) in [5.74, 6) is 2.89. The van der Waals surface area contributed by atoms with Crippen molar-refractivity contribution in [3.8, 4) is 0 Å². The molecule has 0 N–H and O–H groups in total. The second kappa shape index (κ2) is 30.0. The van der Waals surface area contributed by atoms with E-state index in [9.17, 15) is 9.59 Å². The fourth-order valence-electron chi connectivity index (χ4n) is 7.11. The molecule has 2 fully saturated rings. The molecule has 2 aliphatic rings. The SMILES string of the molecule is C1CCOC1.CCC(C)C=O.CCCC(C)(C)CC.CCCC(CCC)(C(=O)C(C)CC)c1ccc([B]OC(C)(C)C(C)(C)S)cc1C.CCCC1CC(C)C1. The first-order valence-corrected chi connectivity index (χ1v) is 23.5. The highest BCUT2D eigenvalue weighted by Crippen LogP contribution is 2.40. The summed E-state index contributed by atoms with van der Waals surface area (Å²) in [4.78, 5) is 23.3. The first-order chi connectivity index (χ1) is 26.1. The fourth-order valence-corrected chi connectivity index (χ4v) is 7.17. The van der Waals surface area contributed by atoms with Crippen LogP contribution in [0.15, 0.2) is 18.2 Å². The van der Waals surface area contributed by atoms with E-state index in [-0.39, 0.29) is 22.0 Å². The molecular weight excluding hydrogens is 707 g/mol. The average molecular weight is 802 g/mol. The van der Waals surface area contributed by atoms with Crippen LogP contribution < -0.4 is 5.46 Å². The van der Waals surface area contributed by atoms with E-state index < -0.39 is 5.60 Å². The minimum atomic E-state index is -0.399. The maximum absolute atomic E-state index is 13.5. The molecule has 0 aromatic heterocycles. The van der Waals surface area contributed by atoms with E-state index in [4.69, 9.17) is 9.39 Å². The monoisotopic (exact) mass is 802 g/mol. The van der Waals surface area contributed by atoms with E-state index in [1.54, 1.807) is 0 Å². The lowest BCUT2D eigenvalue weighted by atomic mass is 9.65. The molecular formula is C50H94BO4S. The second-order valence-corrected chi connectivity index (χ2v) is 20.1. The molecule has 1 aromatic carbocycles. The molecule has 1 aliphatic carbocycles. The molecule has 0 bridgehead atoms. The van der Waals surface area contributed by atoms with Gasteiger partial charge in [0.05, 0.1) is 11.0 Å². The van der Waals surface area contributed by atoms with Gasteiger partial charge >= 0.3 is 7.48 Å². The molecule has 3 rings (SSSR count). The van der Waals surface area contributed by atoms with Crippen molar-refractivity contribution in [2.45, 2.75) is 230 Å². The number of benzene rings is 1. The van der Waals surface area contributed by atoms with Gasteiger partial charge in [-0.05, 0) is 121 Å². The fraction of sp³-hybridized carbons (Fsp3) is 0.840. The van der Waals surface area contributed by atoms with E-state index >= 15 is 0 Å². The summed E-state index contributed by atoms with van der Waals surface area (Å²) in [6.45, 7) is 38.6. The Bertz CT molecular complexity index is 1130. The van der Waals surface area contributed by atoms with Gasteiger partial charge in [0.15, 0.2) is 0 Å². The predicted molar refractivity (Wildman–Crippen MR) is 252 cm³/mol. The quantitative estimate of drug-likeness (QED) is 0.0860. The molecule has 56 heavy (non-hydrogen) atoms. The minimum absolute atomic E-state index is 0.0838. The van der Waals surface area contributed by atoms with Crippen LogP contribution in [0, 0.1) is 36.0 Å². The van der Waals surface area contributed by atoms with E-state index in [1.807, 2.05) is 21.3 Å². The number of aldehydes is 1. The Kier molecular flexibility index (Phi) is 30.5. The summed E-state index contributed by atoms with van der Waals surface area (Å²) in [5.41, 5.74) is 3.20. The van der Waals surface area contributed by atoms with Gasteiger partial charge in [-0.15, -0.1) is 0 Å². The van der Waals surface area contributed by atoms with Gasteiger partial charge in [-0.1, -0.05) is 145 Å². The zero-order valence-corrected chi connectivity index (χ0v) is 41.2. The van der Waals surface area contributed by atoms with Crippen molar-refractivity contribution in [1.29, 1.82) is 0 Å². The smallest absolute Gasteiger partial charge is 0.330 e. The van der Waals surface area contributed by atoms with Gasteiger partial charge in [-0.25, -0.2) is 0 Å². The highest BCUT2D eigenvalue weighted by atomic mass is 32.1. The first-order valence-electron chi connectivity index (χ1n) is 23.0. The lowest BCUT2D eigenvalue weighted by Crippen LogP contribution is -2.46. The van der Waals surface area contributed by atoms with Gasteiger partial charge in [0.2, 0.25) is 0 Å². The van der Waals surface area contributed by atoms with Crippen molar-refractivity contribution in [3.05, 3.63) is 29.3 Å². The normalized spacial score (nSPS) is 17.8. The molecule has 0 amide bonds. The van der Waals surface area contributed by atoms with Crippen molar-refractivity contribution in [2.75, 3.05) is 13.2 Å². The Morgan fingerprint density at radius 2 is 1.41 bits per heavy atom. The summed E-state index contributed by atoms with van der Waals surface area (Å²) in [5, 5.41) is 0. The summed E-state index contributed by atoms with van der Waals surface area (Å²) in [6.07, 6.45) is 19.1. The summed E-state index contributed by atoms with van der Waals surface area (Å²) < 4.78 is 10.8. The van der Waals surface area contributed by atoms with E-state index in [1.165, 1.54) is 68.9 Å². The molecule has 2 atom stereocenters. The maximum Gasteiger partial charge on any atom is 0.330 e. The van der Waals surface area contributed by atoms with Crippen molar-refractivity contribution in [1.82, 2.24) is 0 Å². The standard InChI is InChI=1S/C25H42BO2S.C8H16.C8H18.C5H10O.C4H8O/c1-10-15-25(16-11-2,22(27)18(4)12-3)21-14-13-20(17-19(21)5)26-28-23(6,7)24(8,9)29;1-3-4-8-5-7(2)6-8;1-5-7-8(3,4)6-2;1-3-5(2)4-6;1-2-4-5-3-1/h13-14,17-18,29H,10-12,15-16H2,1-9H3;7-8H,3-6H2,1-2H3;5-7H2,1-4H3;4-5H,3H2,1-2H3;1-4H2. The molecule has 327 valence electrons. The Hall–Kier alpha value is -1.11. The van der Waals surface area contributed by atoms with Crippen LogP contribution in [0.1, 0.15) is 218 Å². The van der Waals surface area contributed by atoms with Crippen molar-refractivity contribution >= 4 is 37.6 Å². The van der Waals surface area contributed by atoms with Crippen LogP contribution in [0.2, 0.25) is 0 Å². The second-order valence-electron chi connectivity index (χ2n) is 19.0. The third kappa shape index (κ3) is 22.3. The molecule has 1 aliphatic heterocycles. The molecule has 4 nitrogen and oxygen atoms in total. The van der Waals surface area contributed by atoms with Crippen LogP contribution in [0.5, 0.6) is 0 Å². The van der Waals surface area contributed by atoms with Crippen molar-refractivity contribution < 1.29 is 19.0 Å². The van der Waals surface area contributed by atoms with Crippen LogP contribution >= 0.6 is 12.6 Å². The molecule has 2 unspecified atom stereocenters. The van der Waals surface area contributed by atoms with Gasteiger partial charge in [0.1, 0.15) is 12.1 Å². The molecule has 1 saturated carbocycles. The zero-order chi connectivity index (χ0) is 43.6. The third-order valence-electron chi connectivity index (χ3n) is 12.4. The number of ketones is 1. The van der Waals surface area contributed by atoms with Gasteiger partial charge in [0.25, 0.3) is 0 Å². The zero-order valence-electron chi connectivity index (χ0n) is 40.3. The number of hydrogen-bond donors (Lipinski definition) is 1. The summed E-state index contributed by atoms with van der Waals surface area (Å²) >= 11 is 4.67. The van der Waals surface area contributed by atoms with Crippen molar-refractivity contribution in [2.24, 2.45) is 29.1 Å².